The van der Waals surface area contributed by atoms with E-state index in [2.05, 4.69) is 0 Å². The van der Waals surface area contributed by atoms with Gasteiger partial charge >= 0.3 is 0 Å². The number of ketones is 1. The average Bonchev–Trinajstić information content (AvgIpc) is 2.42. The summed E-state index contributed by atoms with van der Waals surface area (Å²) in [4.78, 5) is 12.3. The summed E-state index contributed by atoms with van der Waals surface area (Å²) in [5.41, 5.74) is 7.78. The molecule has 0 fully saturated rings. The molecular formula is C16H17NO. The molecule has 0 saturated heterocycles. The van der Waals surface area contributed by atoms with Crippen molar-refractivity contribution in [2.75, 3.05) is 6.54 Å². The molecule has 0 aromatic heterocycles. The standard InChI is InChI=1S/C16H17NO/c17-12-15(14-9-5-2-6-10-14)16(18)11-13-7-3-1-4-8-13/h1-10,15H,11-12,17H2. The number of carbonyl (C=O) groups excluding carboxylic acids is 1. The Hall–Kier alpha value is -1.93. The molecule has 0 amide bonds. The quantitative estimate of drug-likeness (QED) is 0.871. The summed E-state index contributed by atoms with van der Waals surface area (Å²) in [6.07, 6.45) is 0.442. The molecule has 0 radical (unpaired) electrons. The fourth-order valence-electron chi connectivity index (χ4n) is 2.06. The number of hydrogen-bond donors (Lipinski definition) is 1. The number of rotatable bonds is 5. The minimum absolute atomic E-state index is 0.176. The topological polar surface area (TPSA) is 43.1 Å². The van der Waals surface area contributed by atoms with E-state index in [1.807, 2.05) is 60.7 Å². The lowest BCUT2D eigenvalue weighted by Gasteiger charge is -2.14. The van der Waals surface area contributed by atoms with Gasteiger partial charge in [0.05, 0.1) is 5.92 Å². The summed E-state index contributed by atoms with van der Waals surface area (Å²) in [6, 6.07) is 19.5. The van der Waals surface area contributed by atoms with Crippen molar-refractivity contribution in [3.63, 3.8) is 0 Å². The molecule has 0 bridgehead atoms. The molecule has 2 rings (SSSR count). The maximum atomic E-state index is 12.3. The van der Waals surface area contributed by atoms with E-state index in [0.717, 1.165) is 11.1 Å². The van der Waals surface area contributed by atoms with Gasteiger partial charge in [-0.3, -0.25) is 4.79 Å². The van der Waals surface area contributed by atoms with Crippen LogP contribution in [0.1, 0.15) is 17.0 Å². The van der Waals surface area contributed by atoms with Gasteiger partial charge in [0.1, 0.15) is 5.78 Å². The van der Waals surface area contributed by atoms with Crippen LogP contribution in [0.3, 0.4) is 0 Å². The van der Waals surface area contributed by atoms with Gasteiger partial charge in [0.25, 0.3) is 0 Å². The van der Waals surface area contributed by atoms with E-state index in [1.165, 1.54) is 0 Å². The summed E-state index contributed by atoms with van der Waals surface area (Å²) in [5.74, 6) is -0.0266. The Kier molecular flexibility index (Phi) is 4.26. The van der Waals surface area contributed by atoms with E-state index in [1.54, 1.807) is 0 Å². The van der Waals surface area contributed by atoms with Crippen LogP contribution in [-0.4, -0.2) is 12.3 Å². The fraction of sp³-hybridized carbons (Fsp3) is 0.188. The molecule has 2 aromatic rings. The van der Waals surface area contributed by atoms with Crippen LogP contribution in [0.4, 0.5) is 0 Å². The average molecular weight is 239 g/mol. The van der Waals surface area contributed by atoms with Crippen LogP contribution in [0, 0.1) is 0 Å². The normalized spacial score (nSPS) is 12.1. The minimum Gasteiger partial charge on any atom is -0.329 e. The van der Waals surface area contributed by atoms with Crippen molar-refractivity contribution < 1.29 is 4.79 Å². The minimum atomic E-state index is -0.202. The maximum absolute atomic E-state index is 12.3. The van der Waals surface area contributed by atoms with Crippen LogP contribution in [0.2, 0.25) is 0 Å². The first-order valence-electron chi connectivity index (χ1n) is 6.13. The highest BCUT2D eigenvalue weighted by molar-refractivity contribution is 5.87. The zero-order valence-electron chi connectivity index (χ0n) is 10.3. The molecule has 2 aromatic carbocycles. The van der Waals surface area contributed by atoms with Gasteiger partial charge in [0.15, 0.2) is 0 Å². The number of nitrogens with two attached hydrogens (primary N) is 1. The summed E-state index contributed by atoms with van der Waals surface area (Å²) >= 11 is 0. The van der Waals surface area contributed by atoms with Crippen molar-refractivity contribution in [1.29, 1.82) is 0 Å². The van der Waals surface area contributed by atoms with Gasteiger partial charge in [-0.2, -0.15) is 0 Å². The second-order valence-electron chi connectivity index (χ2n) is 4.33. The smallest absolute Gasteiger partial charge is 0.145 e. The first-order chi connectivity index (χ1) is 8.81. The van der Waals surface area contributed by atoms with Crippen LogP contribution >= 0.6 is 0 Å². The molecule has 1 atom stereocenters. The Bertz CT molecular complexity index is 493. The number of carbonyl (C=O) groups is 1. The third kappa shape index (κ3) is 3.05. The molecule has 0 aliphatic carbocycles. The molecule has 2 heteroatoms. The summed E-state index contributed by atoms with van der Waals surface area (Å²) in [6.45, 7) is 0.357. The molecule has 0 spiro atoms. The zero-order valence-corrected chi connectivity index (χ0v) is 10.3. The summed E-state index contributed by atoms with van der Waals surface area (Å²) < 4.78 is 0. The SMILES string of the molecule is NCC(C(=O)Cc1ccccc1)c1ccccc1. The highest BCUT2D eigenvalue weighted by atomic mass is 16.1. The largest absolute Gasteiger partial charge is 0.329 e. The molecular weight excluding hydrogens is 222 g/mol. The summed E-state index contributed by atoms with van der Waals surface area (Å²) in [5, 5.41) is 0. The third-order valence-electron chi connectivity index (χ3n) is 3.05. The molecule has 0 heterocycles. The van der Waals surface area contributed by atoms with Crippen molar-refractivity contribution in [3.8, 4) is 0 Å². The Labute approximate surface area is 107 Å². The second kappa shape index (κ2) is 6.12. The van der Waals surface area contributed by atoms with Gasteiger partial charge < -0.3 is 5.73 Å². The second-order valence-corrected chi connectivity index (χ2v) is 4.33. The molecule has 1 unspecified atom stereocenters. The molecule has 0 saturated carbocycles. The number of Topliss-reactive ketones (excluding diaryl/α,β-unsaturated/α-hetero) is 1. The van der Waals surface area contributed by atoms with Crippen molar-refractivity contribution in [3.05, 3.63) is 71.8 Å². The van der Waals surface area contributed by atoms with Crippen LogP contribution < -0.4 is 5.73 Å². The zero-order chi connectivity index (χ0) is 12.8. The Morgan fingerprint density at radius 2 is 1.50 bits per heavy atom. The fourth-order valence-corrected chi connectivity index (χ4v) is 2.06. The van der Waals surface area contributed by atoms with E-state index in [4.69, 9.17) is 5.73 Å². The van der Waals surface area contributed by atoms with E-state index >= 15 is 0 Å². The van der Waals surface area contributed by atoms with Gasteiger partial charge in [0.2, 0.25) is 0 Å². The van der Waals surface area contributed by atoms with Crippen LogP contribution in [-0.2, 0) is 11.2 Å². The molecule has 2 N–H and O–H groups in total. The predicted molar refractivity (Wildman–Crippen MR) is 73.4 cm³/mol. The first-order valence-corrected chi connectivity index (χ1v) is 6.13. The third-order valence-corrected chi connectivity index (χ3v) is 3.05. The molecule has 0 aliphatic heterocycles. The number of benzene rings is 2. The van der Waals surface area contributed by atoms with Crippen molar-refractivity contribution in [2.45, 2.75) is 12.3 Å². The Morgan fingerprint density at radius 3 is 2.06 bits per heavy atom. The lowest BCUT2D eigenvalue weighted by atomic mass is 9.91. The van der Waals surface area contributed by atoms with Crippen molar-refractivity contribution >= 4 is 5.78 Å². The Morgan fingerprint density at radius 1 is 0.944 bits per heavy atom. The van der Waals surface area contributed by atoms with Gasteiger partial charge in [-0.1, -0.05) is 60.7 Å². The van der Waals surface area contributed by atoms with Crippen LogP contribution in [0.5, 0.6) is 0 Å². The monoisotopic (exact) mass is 239 g/mol. The van der Waals surface area contributed by atoms with E-state index in [0.29, 0.717) is 13.0 Å². The van der Waals surface area contributed by atoms with E-state index < -0.39 is 0 Å². The molecule has 0 aliphatic rings. The lowest BCUT2D eigenvalue weighted by molar-refractivity contribution is -0.119. The van der Waals surface area contributed by atoms with Gasteiger partial charge in [0, 0.05) is 13.0 Å². The lowest BCUT2D eigenvalue weighted by Crippen LogP contribution is -2.23. The first kappa shape index (κ1) is 12.5. The molecule has 18 heavy (non-hydrogen) atoms. The Balaban J connectivity index is 2.12. The highest BCUT2D eigenvalue weighted by Gasteiger charge is 2.18. The van der Waals surface area contributed by atoms with E-state index in [-0.39, 0.29) is 11.7 Å². The molecule has 92 valence electrons. The van der Waals surface area contributed by atoms with Gasteiger partial charge in [-0.05, 0) is 11.1 Å². The molecule has 2 nitrogen and oxygen atoms in total. The predicted octanol–water partition coefficient (Wildman–Crippen LogP) is 2.54. The van der Waals surface area contributed by atoms with Crippen molar-refractivity contribution in [1.82, 2.24) is 0 Å². The maximum Gasteiger partial charge on any atom is 0.145 e. The van der Waals surface area contributed by atoms with E-state index in [9.17, 15) is 4.79 Å². The highest BCUT2D eigenvalue weighted by Crippen LogP contribution is 2.17. The number of hydrogen-bond acceptors (Lipinski definition) is 2. The van der Waals surface area contributed by atoms with Gasteiger partial charge in [-0.15, -0.1) is 0 Å². The van der Waals surface area contributed by atoms with Gasteiger partial charge in [-0.25, -0.2) is 0 Å². The van der Waals surface area contributed by atoms with Crippen LogP contribution in [0.15, 0.2) is 60.7 Å². The van der Waals surface area contributed by atoms with Crippen LogP contribution in [0.25, 0.3) is 0 Å². The van der Waals surface area contributed by atoms with Crippen molar-refractivity contribution in [2.24, 2.45) is 5.73 Å². The summed E-state index contributed by atoms with van der Waals surface area (Å²) in [7, 11) is 0.